The summed E-state index contributed by atoms with van der Waals surface area (Å²) in [7, 11) is 1.75. The summed E-state index contributed by atoms with van der Waals surface area (Å²) in [5.41, 5.74) is 1.51. The van der Waals surface area contributed by atoms with Crippen molar-refractivity contribution in [3.05, 3.63) is 57.0 Å². The molecule has 0 bridgehead atoms. The molecule has 2 aromatic heterocycles. The number of nitro groups is 1. The summed E-state index contributed by atoms with van der Waals surface area (Å²) in [5, 5.41) is 11.6. The van der Waals surface area contributed by atoms with Crippen LogP contribution in [0.5, 0.6) is 0 Å². The maximum atomic E-state index is 11.2. The second-order valence-electron chi connectivity index (χ2n) is 4.40. The van der Waals surface area contributed by atoms with Gasteiger partial charge in [-0.05, 0) is 24.6 Å². The van der Waals surface area contributed by atoms with E-state index in [0.29, 0.717) is 23.1 Å². The van der Waals surface area contributed by atoms with Gasteiger partial charge in [-0.3, -0.25) is 10.1 Å². The molecule has 6 nitrogen and oxygen atoms in total. The van der Waals surface area contributed by atoms with Gasteiger partial charge in [-0.15, -0.1) is 0 Å². The Bertz CT molecular complexity index is 631. The third-order valence-corrected chi connectivity index (χ3v) is 3.08. The standard InChI is InChI=1S/C13H13ClN4O2/c1-9-5-6-15-13(12(9)18(19)20)17(2)8-10-3-4-11(14)16-7-10/h3-7H,8H2,1-2H3. The van der Waals surface area contributed by atoms with Crippen molar-refractivity contribution in [2.24, 2.45) is 0 Å². The summed E-state index contributed by atoms with van der Waals surface area (Å²) in [6.45, 7) is 2.16. The molecular formula is C13H13ClN4O2. The Balaban J connectivity index is 2.29. The SMILES string of the molecule is Cc1ccnc(N(C)Cc2ccc(Cl)nc2)c1[N+](=O)[O-]. The quantitative estimate of drug-likeness (QED) is 0.492. The highest BCUT2D eigenvalue weighted by molar-refractivity contribution is 6.29. The Kier molecular flexibility index (Phi) is 4.14. The van der Waals surface area contributed by atoms with Gasteiger partial charge in [0.1, 0.15) is 5.15 Å². The summed E-state index contributed by atoms with van der Waals surface area (Å²) in [4.78, 5) is 20.6. The van der Waals surface area contributed by atoms with Crippen LogP contribution in [-0.2, 0) is 6.54 Å². The van der Waals surface area contributed by atoms with Crippen LogP contribution in [-0.4, -0.2) is 21.9 Å². The first kappa shape index (κ1) is 14.2. The van der Waals surface area contributed by atoms with Crippen molar-refractivity contribution in [1.29, 1.82) is 0 Å². The molecule has 2 rings (SSSR count). The van der Waals surface area contributed by atoms with Crippen LogP contribution in [0.2, 0.25) is 5.15 Å². The molecule has 0 N–H and O–H groups in total. The largest absolute Gasteiger partial charge is 0.350 e. The number of hydrogen-bond acceptors (Lipinski definition) is 5. The molecule has 104 valence electrons. The summed E-state index contributed by atoms with van der Waals surface area (Å²) < 4.78 is 0. The fourth-order valence-electron chi connectivity index (χ4n) is 1.89. The van der Waals surface area contributed by atoms with Crippen LogP contribution in [0.25, 0.3) is 0 Å². The van der Waals surface area contributed by atoms with Crippen molar-refractivity contribution < 1.29 is 4.92 Å². The number of nitrogens with zero attached hydrogens (tertiary/aromatic N) is 4. The van der Waals surface area contributed by atoms with E-state index in [1.807, 2.05) is 6.07 Å². The van der Waals surface area contributed by atoms with E-state index in [4.69, 9.17) is 11.6 Å². The predicted molar refractivity (Wildman–Crippen MR) is 77.0 cm³/mol. The molecule has 0 aromatic carbocycles. The molecule has 7 heteroatoms. The molecule has 0 radical (unpaired) electrons. The zero-order valence-corrected chi connectivity index (χ0v) is 11.8. The van der Waals surface area contributed by atoms with E-state index in [-0.39, 0.29) is 5.69 Å². The molecule has 0 atom stereocenters. The Labute approximate surface area is 121 Å². The Morgan fingerprint density at radius 3 is 2.70 bits per heavy atom. The number of pyridine rings is 2. The highest BCUT2D eigenvalue weighted by Gasteiger charge is 2.21. The average Bonchev–Trinajstić information content (AvgIpc) is 2.40. The second-order valence-corrected chi connectivity index (χ2v) is 4.79. The van der Waals surface area contributed by atoms with E-state index >= 15 is 0 Å². The molecule has 0 aliphatic carbocycles. The molecule has 0 amide bonds. The lowest BCUT2D eigenvalue weighted by atomic mass is 10.2. The Morgan fingerprint density at radius 2 is 2.10 bits per heavy atom. The zero-order valence-electron chi connectivity index (χ0n) is 11.1. The van der Waals surface area contributed by atoms with E-state index in [1.54, 1.807) is 43.4 Å². The number of anilines is 1. The number of hydrogen-bond donors (Lipinski definition) is 0. The minimum atomic E-state index is -0.408. The third-order valence-electron chi connectivity index (χ3n) is 2.86. The van der Waals surface area contributed by atoms with Crippen LogP contribution in [0, 0.1) is 17.0 Å². The Hall–Kier alpha value is -2.21. The van der Waals surface area contributed by atoms with Gasteiger partial charge in [0.25, 0.3) is 0 Å². The molecule has 20 heavy (non-hydrogen) atoms. The van der Waals surface area contributed by atoms with Gasteiger partial charge in [0.2, 0.25) is 5.82 Å². The number of halogens is 1. The fraction of sp³-hybridized carbons (Fsp3) is 0.231. The second kappa shape index (κ2) is 5.83. The highest BCUT2D eigenvalue weighted by atomic mass is 35.5. The molecule has 0 aliphatic rings. The lowest BCUT2D eigenvalue weighted by Crippen LogP contribution is -2.19. The molecule has 2 aromatic rings. The molecule has 0 saturated carbocycles. The van der Waals surface area contributed by atoms with E-state index in [1.165, 1.54) is 0 Å². The number of aryl methyl sites for hydroxylation is 1. The predicted octanol–water partition coefficient (Wildman–Crippen LogP) is 2.98. The fourth-order valence-corrected chi connectivity index (χ4v) is 2.00. The van der Waals surface area contributed by atoms with Gasteiger partial charge in [0.15, 0.2) is 0 Å². The number of aromatic nitrogens is 2. The monoisotopic (exact) mass is 292 g/mol. The molecule has 0 fully saturated rings. The molecular weight excluding hydrogens is 280 g/mol. The van der Waals surface area contributed by atoms with Crippen molar-refractivity contribution >= 4 is 23.1 Å². The summed E-state index contributed by atoms with van der Waals surface area (Å²) >= 11 is 5.73. The third kappa shape index (κ3) is 3.03. The first-order valence-electron chi connectivity index (χ1n) is 5.90. The molecule has 0 saturated heterocycles. The van der Waals surface area contributed by atoms with Crippen molar-refractivity contribution in [2.45, 2.75) is 13.5 Å². The van der Waals surface area contributed by atoms with Gasteiger partial charge < -0.3 is 4.90 Å². The van der Waals surface area contributed by atoms with Crippen LogP contribution < -0.4 is 4.90 Å². The first-order chi connectivity index (χ1) is 9.49. The van der Waals surface area contributed by atoms with Gasteiger partial charge in [0, 0.05) is 31.5 Å². The van der Waals surface area contributed by atoms with Crippen molar-refractivity contribution in [2.75, 3.05) is 11.9 Å². The van der Waals surface area contributed by atoms with E-state index in [0.717, 1.165) is 5.56 Å². The van der Waals surface area contributed by atoms with Gasteiger partial charge in [-0.25, -0.2) is 9.97 Å². The number of rotatable bonds is 4. The topological polar surface area (TPSA) is 72.2 Å². The molecule has 0 spiro atoms. The smallest absolute Gasteiger partial charge is 0.314 e. The van der Waals surface area contributed by atoms with Gasteiger partial charge in [-0.1, -0.05) is 17.7 Å². The van der Waals surface area contributed by atoms with Gasteiger partial charge in [0.05, 0.1) is 4.92 Å². The zero-order chi connectivity index (χ0) is 14.7. The van der Waals surface area contributed by atoms with Crippen LogP contribution in [0.1, 0.15) is 11.1 Å². The van der Waals surface area contributed by atoms with Gasteiger partial charge in [-0.2, -0.15) is 0 Å². The van der Waals surface area contributed by atoms with E-state index < -0.39 is 4.92 Å². The van der Waals surface area contributed by atoms with Crippen molar-refractivity contribution in [3.63, 3.8) is 0 Å². The summed E-state index contributed by atoms with van der Waals surface area (Å²) in [5.74, 6) is 0.338. The van der Waals surface area contributed by atoms with Crippen LogP contribution >= 0.6 is 11.6 Å². The minimum Gasteiger partial charge on any atom is -0.350 e. The summed E-state index contributed by atoms with van der Waals surface area (Å²) in [6, 6.07) is 5.13. The first-order valence-corrected chi connectivity index (χ1v) is 6.28. The average molecular weight is 293 g/mol. The lowest BCUT2D eigenvalue weighted by molar-refractivity contribution is -0.384. The normalized spacial score (nSPS) is 10.3. The van der Waals surface area contributed by atoms with Crippen molar-refractivity contribution in [3.8, 4) is 0 Å². The van der Waals surface area contributed by atoms with E-state index in [2.05, 4.69) is 9.97 Å². The molecule has 0 unspecified atom stereocenters. The van der Waals surface area contributed by atoms with Crippen LogP contribution in [0.15, 0.2) is 30.6 Å². The maximum Gasteiger partial charge on any atom is 0.314 e. The minimum absolute atomic E-state index is 0.0249. The highest BCUT2D eigenvalue weighted by Crippen LogP contribution is 2.28. The van der Waals surface area contributed by atoms with Crippen LogP contribution in [0.4, 0.5) is 11.5 Å². The van der Waals surface area contributed by atoms with Crippen LogP contribution in [0.3, 0.4) is 0 Å². The molecule has 0 aliphatic heterocycles. The Morgan fingerprint density at radius 1 is 1.35 bits per heavy atom. The van der Waals surface area contributed by atoms with Crippen molar-refractivity contribution in [1.82, 2.24) is 9.97 Å². The van der Waals surface area contributed by atoms with E-state index in [9.17, 15) is 10.1 Å². The summed E-state index contributed by atoms with van der Waals surface area (Å²) in [6.07, 6.45) is 3.20. The maximum absolute atomic E-state index is 11.2. The lowest BCUT2D eigenvalue weighted by Gasteiger charge is -2.18. The van der Waals surface area contributed by atoms with Gasteiger partial charge >= 0.3 is 5.69 Å². The molecule has 2 heterocycles.